The lowest BCUT2D eigenvalue weighted by molar-refractivity contribution is 0.291. The average Bonchev–Trinajstić information content (AvgIpc) is 3.17. The number of rotatable bonds is 3. The lowest BCUT2D eigenvalue weighted by atomic mass is 9.96. The SMILES string of the molecule is Fc1cc(Cl)c(OC2CC2)c(C2CCCCN2)c1. The summed E-state index contributed by atoms with van der Waals surface area (Å²) >= 11 is 6.13. The molecule has 18 heavy (non-hydrogen) atoms. The van der Waals surface area contributed by atoms with Crippen LogP contribution in [0.3, 0.4) is 0 Å². The van der Waals surface area contributed by atoms with Gasteiger partial charge in [0, 0.05) is 11.6 Å². The Morgan fingerprint density at radius 1 is 1.22 bits per heavy atom. The van der Waals surface area contributed by atoms with Crippen LogP contribution in [0.25, 0.3) is 0 Å². The zero-order valence-electron chi connectivity index (χ0n) is 10.2. The minimum absolute atomic E-state index is 0.167. The molecular formula is C14H17ClFNO. The summed E-state index contributed by atoms with van der Waals surface area (Å²) < 4.78 is 19.4. The largest absolute Gasteiger partial charge is 0.489 e. The first-order chi connectivity index (χ1) is 8.74. The lowest BCUT2D eigenvalue weighted by Crippen LogP contribution is -2.27. The second kappa shape index (κ2) is 5.06. The fourth-order valence-electron chi connectivity index (χ4n) is 2.43. The molecule has 1 aliphatic heterocycles. The molecule has 1 saturated carbocycles. The van der Waals surface area contributed by atoms with Crippen molar-refractivity contribution in [3.63, 3.8) is 0 Å². The summed E-state index contributed by atoms with van der Waals surface area (Å²) in [6.45, 7) is 0.974. The zero-order chi connectivity index (χ0) is 12.5. The van der Waals surface area contributed by atoms with Gasteiger partial charge in [-0.15, -0.1) is 0 Å². The van der Waals surface area contributed by atoms with Gasteiger partial charge in [-0.2, -0.15) is 0 Å². The van der Waals surface area contributed by atoms with E-state index in [2.05, 4.69) is 5.32 Å². The summed E-state index contributed by atoms with van der Waals surface area (Å²) in [5.41, 5.74) is 0.881. The van der Waals surface area contributed by atoms with Gasteiger partial charge in [0.1, 0.15) is 11.6 Å². The number of ether oxygens (including phenoxy) is 1. The molecule has 4 heteroatoms. The van der Waals surface area contributed by atoms with E-state index < -0.39 is 0 Å². The van der Waals surface area contributed by atoms with Gasteiger partial charge in [0.25, 0.3) is 0 Å². The van der Waals surface area contributed by atoms with Gasteiger partial charge < -0.3 is 10.1 Å². The molecule has 1 N–H and O–H groups in total. The standard InChI is InChI=1S/C14H17ClFNO/c15-12-8-9(16)7-11(13-3-1-2-6-17-13)14(12)18-10-4-5-10/h7-8,10,13,17H,1-6H2. The highest BCUT2D eigenvalue weighted by Crippen LogP contribution is 2.40. The number of benzene rings is 1. The number of piperidine rings is 1. The second-order valence-corrected chi connectivity index (χ2v) is 5.53. The third-order valence-corrected chi connectivity index (χ3v) is 3.81. The van der Waals surface area contributed by atoms with Crippen molar-refractivity contribution in [3.05, 3.63) is 28.5 Å². The summed E-state index contributed by atoms with van der Waals surface area (Å²) in [5, 5.41) is 3.81. The molecule has 1 atom stereocenters. The van der Waals surface area contributed by atoms with Gasteiger partial charge in [-0.3, -0.25) is 0 Å². The summed E-state index contributed by atoms with van der Waals surface area (Å²) in [6.07, 6.45) is 5.78. The normalized spacial score (nSPS) is 24.0. The van der Waals surface area contributed by atoms with Gasteiger partial charge in [-0.1, -0.05) is 18.0 Å². The van der Waals surface area contributed by atoms with Gasteiger partial charge in [0.2, 0.25) is 0 Å². The van der Waals surface area contributed by atoms with Crippen molar-refractivity contribution < 1.29 is 9.13 Å². The Labute approximate surface area is 111 Å². The zero-order valence-corrected chi connectivity index (χ0v) is 11.0. The van der Waals surface area contributed by atoms with Gasteiger partial charge in [0.15, 0.2) is 0 Å². The molecule has 0 aromatic heterocycles. The molecule has 2 aliphatic rings. The predicted molar refractivity (Wildman–Crippen MR) is 69.7 cm³/mol. The molecule has 3 rings (SSSR count). The first kappa shape index (κ1) is 12.2. The predicted octanol–water partition coefficient (Wildman–Crippen LogP) is 3.83. The highest BCUT2D eigenvalue weighted by atomic mass is 35.5. The maximum atomic E-state index is 13.5. The van der Waals surface area contributed by atoms with Crippen LogP contribution >= 0.6 is 11.6 Å². The van der Waals surface area contributed by atoms with E-state index in [-0.39, 0.29) is 18.0 Å². The minimum Gasteiger partial charge on any atom is -0.489 e. The molecule has 0 spiro atoms. The Morgan fingerprint density at radius 2 is 2.06 bits per heavy atom. The van der Waals surface area contributed by atoms with Crippen LogP contribution in [-0.2, 0) is 0 Å². The van der Waals surface area contributed by atoms with Crippen molar-refractivity contribution in [2.75, 3.05) is 6.54 Å². The number of hydrogen-bond donors (Lipinski definition) is 1. The second-order valence-electron chi connectivity index (χ2n) is 5.13. The van der Waals surface area contributed by atoms with E-state index in [9.17, 15) is 4.39 Å². The molecule has 2 nitrogen and oxygen atoms in total. The van der Waals surface area contributed by atoms with Gasteiger partial charge in [-0.25, -0.2) is 4.39 Å². The molecule has 1 heterocycles. The fourth-order valence-corrected chi connectivity index (χ4v) is 2.69. The van der Waals surface area contributed by atoms with Crippen molar-refractivity contribution in [2.24, 2.45) is 0 Å². The van der Waals surface area contributed by atoms with Gasteiger partial charge >= 0.3 is 0 Å². The smallest absolute Gasteiger partial charge is 0.143 e. The maximum absolute atomic E-state index is 13.5. The fraction of sp³-hybridized carbons (Fsp3) is 0.571. The quantitative estimate of drug-likeness (QED) is 0.900. The molecule has 98 valence electrons. The summed E-state index contributed by atoms with van der Waals surface area (Å²) in [5.74, 6) is 0.394. The topological polar surface area (TPSA) is 21.3 Å². The Bertz CT molecular complexity index is 442. The van der Waals surface area contributed by atoms with Crippen LogP contribution in [0.15, 0.2) is 12.1 Å². The molecule has 0 bridgehead atoms. The Balaban J connectivity index is 1.92. The van der Waals surface area contributed by atoms with Crippen LogP contribution in [0.5, 0.6) is 5.75 Å². The van der Waals surface area contributed by atoms with Crippen molar-refractivity contribution in [2.45, 2.75) is 44.2 Å². The van der Waals surface area contributed by atoms with Crippen LogP contribution in [0.4, 0.5) is 4.39 Å². The van der Waals surface area contributed by atoms with E-state index in [1.54, 1.807) is 6.07 Å². The molecule has 0 radical (unpaired) electrons. The number of halogens is 2. The average molecular weight is 270 g/mol. The Kier molecular flexibility index (Phi) is 3.44. The van der Waals surface area contributed by atoms with E-state index in [4.69, 9.17) is 16.3 Å². The molecule has 0 amide bonds. The van der Waals surface area contributed by atoms with Crippen LogP contribution < -0.4 is 10.1 Å². The summed E-state index contributed by atoms with van der Waals surface area (Å²) in [6, 6.07) is 3.07. The maximum Gasteiger partial charge on any atom is 0.143 e. The lowest BCUT2D eigenvalue weighted by Gasteiger charge is -2.26. The molecular weight excluding hydrogens is 253 g/mol. The molecule has 1 saturated heterocycles. The summed E-state index contributed by atoms with van der Waals surface area (Å²) in [7, 11) is 0. The Hall–Kier alpha value is -0.800. The van der Waals surface area contributed by atoms with Crippen molar-refractivity contribution >= 4 is 11.6 Å². The molecule has 2 fully saturated rings. The molecule has 1 aromatic rings. The Morgan fingerprint density at radius 3 is 2.72 bits per heavy atom. The van der Waals surface area contributed by atoms with Crippen molar-refractivity contribution in [1.29, 1.82) is 0 Å². The first-order valence-corrected chi connectivity index (χ1v) is 7.01. The number of hydrogen-bond acceptors (Lipinski definition) is 2. The van der Waals surface area contributed by atoms with Crippen LogP contribution in [0, 0.1) is 5.82 Å². The molecule has 1 aromatic carbocycles. The monoisotopic (exact) mass is 269 g/mol. The van der Waals surface area contributed by atoms with Crippen LogP contribution in [-0.4, -0.2) is 12.6 Å². The highest BCUT2D eigenvalue weighted by Gasteiger charge is 2.28. The van der Waals surface area contributed by atoms with E-state index in [0.717, 1.165) is 37.8 Å². The first-order valence-electron chi connectivity index (χ1n) is 6.63. The van der Waals surface area contributed by atoms with E-state index in [0.29, 0.717) is 10.8 Å². The molecule has 1 aliphatic carbocycles. The van der Waals surface area contributed by atoms with Gasteiger partial charge in [0.05, 0.1) is 11.1 Å². The summed E-state index contributed by atoms with van der Waals surface area (Å²) in [4.78, 5) is 0. The van der Waals surface area contributed by atoms with E-state index in [1.807, 2.05) is 0 Å². The third-order valence-electron chi connectivity index (χ3n) is 3.53. The van der Waals surface area contributed by atoms with E-state index >= 15 is 0 Å². The van der Waals surface area contributed by atoms with Crippen LogP contribution in [0.1, 0.15) is 43.7 Å². The van der Waals surface area contributed by atoms with Crippen molar-refractivity contribution in [3.8, 4) is 5.75 Å². The van der Waals surface area contributed by atoms with Crippen LogP contribution in [0.2, 0.25) is 5.02 Å². The molecule has 1 unspecified atom stereocenters. The van der Waals surface area contributed by atoms with Crippen molar-refractivity contribution in [1.82, 2.24) is 5.32 Å². The van der Waals surface area contributed by atoms with E-state index in [1.165, 1.54) is 12.5 Å². The van der Waals surface area contributed by atoms with Gasteiger partial charge in [-0.05, 0) is 44.4 Å². The highest BCUT2D eigenvalue weighted by molar-refractivity contribution is 6.32. The third kappa shape index (κ3) is 2.62. The minimum atomic E-state index is -0.287. The number of nitrogens with one attached hydrogen (secondary N) is 1.